The number of likely N-dealkylation sites (tertiary alicyclic amines) is 1. The SMILES string of the molecule is O=S(=O)(NCCN1CCCC[C@H]1CO)c1cccc(C(F)(F)F)c1. The first-order valence-corrected chi connectivity index (χ1v) is 9.24. The minimum absolute atomic E-state index is 0.0109. The van der Waals surface area contributed by atoms with Gasteiger partial charge in [-0.15, -0.1) is 0 Å². The molecule has 5 nitrogen and oxygen atoms in total. The van der Waals surface area contributed by atoms with Crippen LogP contribution in [0.15, 0.2) is 29.2 Å². The smallest absolute Gasteiger partial charge is 0.395 e. The molecule has 2 N–H and O–H groups in total. The summed E-state index contributed by atoms with van der Waals surface area (Å²) in [5, 5.41) is 9.32. The number of sulfonamides is 1. The molecule has 1 saturated heterocycles. The average molecular weight is 366 g/mol. The maximum atomic E-state index is 12.7. The zero-order valence-corrected chi connectivity index (χ0v) is 13.9. The van der Waals surface area contributed by atoms with Gasteiger partial charge >= 0.3 is 6.18 Å². The van der Waals surface area contributed by atoms with Crippen molar-refractivity contribution in [1.29, 1.82) is 0 Å². The Morgan fingerprint density at radius 3 is 2.71 bits per heavy atom. The van der Waals surface area contributed by atoms with Gasteiger partial charge in [0, 0.05) is 19.1 Å². The number of aliphatic hydroxyl groups excluding tert-OH is 1. The number of rotatable bonds is 6. The molecule has 1 heterocycles. The quantitative estimate of drug-likeness (QED) is 0.806. The number of halogens is 3. The van der Waals surface area contributed by atoms with Crippen molar-refractivity contribution in [2.24, 2.45) is 0 Å². The number of nitrogens with one attached hydrogen (secondary N) is 1. The van der Waals surface area contributed by atoms with Crippen LogP contribution in [0.2, 0.25) is 0 Å². The molecule has 1 aromatic carbocycles. The molecule has 0 amide bonds. The van der Waals surface area contributed by atoms with Gasteiger partial charge < -0.3 is 5.11 Å². The number of nitrogens with zero attached hydrogens (tertiary/aromatic N) is 1. The Balaban J connectivity index is 1.99. The summed E-state index contributed by atoms with van der Waals surface area (Å²) < 4.78 is 64.7. The second-order valence-electron chi connectivity index (χ2n) is 5.79. The Kier molecular flexibility index (Phi) is 6.24. The lowest BCUT2D eigenvalue weighted by molar-refractivity contribution is -0.137. The molecule has 9 heteroatoms. The molecule has 1 fully saturated rings. The lowest BCUT2D eigenvalue weighted by Gasteiger charge is -2.34. The second-order valence-corrected chi connectivity index (χ2v) is 7.56. The largest absolute Gasteiger partial charge is 0.416 e. The Morgan fingerprint density at radius 2 is 2.04 bits per heavy atom. The molecule has 0 aliphatic carbocycles. The topological polar surface area (TPSA) is 69.6 Å². The van der Waals surface area contributed by atoms with Gasteiger partial charge in [0.1, 0.15) is 0 Å². The van der Waals surface area contributed by atoms with Gasteiger partial charge in [-0.1, -0.05) is 12.5 Å². The lowest BCUT2D eigenvalue weighted by Crippen LogP contribution is -2.45. The van der Waals surface area contributed by atoms with Crippen molar-refractivity contribution in [3.05, 3.63) is 29.8 Å². The Hall–Kier alpha value is -1.16. The molecule has 136 valence electrons. The summed E-state index contributed by atoms with van der Waals surface area (Å²) in [6.45, 7) is 1.27. The van der Waals surface area contributed by atoms with Gasteiger partial charge in [0.05, 0.1) is 17.1 Å². The maximum Gasteiger partial charge on any atom is 0.416 e. The van der Waals surface area contributed by atoms with Crippen LogP contribution in [0, 0.1) is 0 Å². The van der Waals surface area contributed by atoms with E-state index in [4.69, 9.17) is 0 Å². The Labute approximate surface area is 139 Å². The number of alkyl halides is 3. The van der Waals surface area contributed by atoms with Gasteiger partial charge in [0.25, 0.3) is 0 Å². The van der Waals surface area contributed by atoms with Crippen LogP contribution in [0.3, 0.4) is 0 Å². The van der Waals surface area contributed by atoms with Gasteiger partial charge in [0.2, 0.25) is 10.0 Å². The van der Waals surface area contributed by atoms with Crippen LogP contribution in [0.25, 0.3) is 0 Å². The van der Waals surface area contributed by atoms with Crippen molar-refractivity contribution in [2.75, 3.05) is 26.2 Å². The normalized spacial score (nSPS) is 20.2. The van der Waals surface area contributed by atoms with E-state index in [-0.39, 0.29) is 19.2 Å². The van der Waals surface area contributed by atoms with E-state index in [0.29, 0.717) is 12.6 Å². The van der Waals surface area contributed by atoms with Crippen LogP contribution in [-0.4, -0.2) is 50.7 Å². The fraction of sp³-hybridized carbons (Fsp3) is 0.600. The fourth-order valence-electron chi connectivity index (χ4n) is 2.81. The average Bonchev–Trinajstić information content (AvgIpc) is 2.54. The molecule has 0 aromatic heterocycles. The van der Waals surface area contributed by atoms with Gasteiger partial charge in [0.15, 0.2) is 0 Å². The summed E-state index contributed by atoms with van der Waals surface area (Å²) in [5.74, 6) is 0. The molecule has 0 radical (unpaired) electrons. The molecule has 24 heavy (non-hydrogen) atoms. The highest BCUT2D eigenvalue weighted by molar-refractivity contribution is 7.89. The molecule has 0 unspecified atom stereocenters. The summed E-state index contributed by atoms with van der Waals surface area (Å²) >= 11 is 0. The summed E-state index contributed by atoms with van der Waals surface area (Å²) in [5.41, 5.74) is -0.998. The highest BCUT2D eigenvalue weighted by Gasteiger charge is 2.31. The first kappa shape index (κ1) is 19.2. The van der Waals surface area contributed by atoms with Crippen molar-refractivity contribution in [3.8, 4) is 0 Å². The zero-order chi connectivity index (χ0) is 17.8. The Bertz CT molecular complexity index is 650. The molecule has 2 rings (SSSR count). The third-order valence-electron chi connectivity index (χ3n) is 4.12. The van der Waals surface area contributed by atoms with Gasteiger partial charge in [-0.3, -0.25) is 4.90 Å². The van der Waals surface area contributed by atoms with Gasteiger partial charge in [-0.2, -0.15) is 13.2 Å². The van der Waals surface area contributed by atoms with Crippen LogP contribution in [0.4, 0.5) is 13.2 Å². The maximum absolute atomic E-state index is 12.7. The first-order valence-electron chi connectivity index (χ1n) is 7.76. The zero-order valence-electron chi connectivity index (χ0n) is 13.1. The van der Waals surface area contributed by atoms with E-state index in [1.807, 2.05) is 4.90 Å². The third-order valence-corrected chi connectivity index (χ3v) is 5.58. The predicted octanol–water partition coefficient (Wildman–Crippen LogP) is 1.83. The number of piperidine rings is 1. The number of benzene rings is 1. The summed E-state index contributed by atoms with van der Waals surface area (Å²) in [7, 11) is -4.01. The van der Waals surface area contributed by atoms with Crippen LogP contribution < -0.4 is 4.72 Å². The van der Waals surface area contributed by atoms with Crippen LogP contribution in [-0.2, 0) is 16.2 Å². The summed E-state index contributed by atoms with van der Waals surface area (Å²) in [6, 6.07) is 3.67. The second kappa shape index (κ2) is 7.81. The van der Waals surface area contributed by atoms with Crippen molar-refractivity contribution in [3.63, 3.8) is 0 Å². The molecule has 1 aliphatic rings. The summed E-state index contributed by atoms with van der Waals surface area (Å²) in [6.07, 6.45) is -1.72. The standard InChI is InChI=1S/C15H21F3N2O3S/c16-15(17,18)12-4-3-6-14(10-12)24(22,23)19-7-9-20-8-2-1-5-13(20)11-21/h3-4,6,10,13,19,21H,1-2,5,7-9,11H2/t13-/m0/s1. The van der Waals surface area contributed by atoms with Crippen molar-refractivity contribution >= 4 is 10.0 Å². The lowest BCUT2D eigenvalue weighted by atomic mass is 10.0. The monoisotopic (exact) mass is 366 g/mol. The molecule has 0 bridgehead atoms. The first-order chi connectivity index (χ1) is 11.2. The van der Waals surface area contributed by atoms with E-state index in [0.717, 1.165) is 44.0 Å². The molecular formula is C15H21F3N2O3S. The number of hydrogen-bond donors (Lipinski definition) is 2. The molecule has 0 saturated carbocycles. The van der Waals surface area contributed by atoms with Crippen molar-refractivity contribution in [2.45, 2.75) is 36.4 Å². The molecular weight excluding hydrogens is 345 g/mol. The third kappa shape index (κ3) is 4.92. The van der Waals surface area contributed by atoms with Crippen LogP contribution >= 0.6 is 0 Å². The van der Waals surface area contributed by atoms with E-state index in [2.05, 4.69) is 4.72 Å². The Morgan fingerprint density at radius 1 is 1.29 bits per heavy atom. The number of aliphatic hydroxyl groups is 1. The highest BCUT2D eigenvalue weighted by Crippen LogP contribution is 2.30. The molecule has 1 aliphatic heterocycles. The minimum atomic E-state index is -4.59. The van der Waals surface area contributed by atoms with Gasteiger partial charge in [-0.05, 0) is 37.6 Å². The van der Waals surface area contributed by atoms with Crippen molar-refractivity contribution < 1.29 is 26.7 Å². The molecule has 0 spiro atoms. The minimum Gasteiger partial charge on any atom is -0.395 e. The van der Waals surface area contributed by atoms with Crippen molar-refractivity contribution in [1.82, 2.24) is 9.62 Å². The predicted molar refractivity (Wildman–Crippen MR) is 82.9 cm³/mol. The molecule has 1 atom stereocenters. The molecule has 1 aromatic rings. The van der Waals surface area contributed by atoms with Gasteiger partial charge in [-0.25, -0.2) is 13.1 Å². The fourth-order valence-corrected chi connectivity index (χ4v) is 3.87. The number of hydrogen-bond acceptors (Lipinski definition) is 4. The van der Waals surface area contributed by atoms with Crippen LogP contribution in [0.5, 0.6) is 0 Å². The summed E-state index contributed by atoms with van der Waals surface area (Å²) in [4.78, 5) is 1.59. The van der Waals surface area contributed by atoms with Crippen LogP contribution in [0.1, 0.15) is 24.8 Å². The highest BCUT2D eigenvalue weighted by atomic mass is 32.2. The van der Waals surface area contributed by atoms with E-state index < -0.39 is 26.7 Å². The van der Waals surface area contributed by atoms with E-state index in [9.17, 15) is 26.7 Å². The van der Waals surface area contributed by atoms with E-state index in [1.54, 1.807) is 0 Å². The van der Waals surface area contributed by atoms with E-state index >= 15 is 0 Å². The van der Waals surface area contributed by atoms with E-state index in [1.165, 1.54) is 0 Å².